The zero-order valence-corrected chi connectivity index (χ0v) is 16.5. The Morgan fingerprint density at radius 2 is 1.60 bits per heavy atom. The van der Waals surface area contributed by atoms with Crippen LogP contribution in [0.1, 0.15) is 5.56 Å². The van der Waals surface area contributed by atoms with Crippen molar-refractivity contribution in [1.82, 2.24) is 0 Å². The van der Waals surface area contributed by atoms with E-state index in [2.05, 4.69) is 4.74 Å². The molecule has 164 valence electrons. The molecule has 0 atom stereocenters. The van der Waals surface area contributed by atoms with Crippen LogP contribution in [0.25, 0.3) is 0 Å². The fourth-order valence-corrected chi connectivity index (χ4v) is 3.27. The fourth-order valence-electron chi connectivity index (χ4n) is 3.27. The highest BCUT2D eigenvalue weighted by atomic mass is 19.4. The lowest BCUT2D eigenvalue weighted by atomic mass is 10.1. The summed E-state index contributed by atoms with van der Waals surface area (Å²) < 4.78 is 60.8. The number of nitrogens with zero attached hydrogens (tertiary/aromatic N) is 2. The third kappa shape index (κ3) is 4.51. The number of hydrogen-bond acceptors (Lipinski definition) is 8. The lowest BCUT2D eigenvalue weighted by molar-refractivity contribution is -0.140. The van der Waals surface area contributed by atoms with E-state index < -0.39 is 23.7 Å². The number of benzene rings is 1. The second-order valence-corrected chi connectivity index (χ2v) is 6.55. The molecule has 0 N–H and O–H groups in total. The molecule has 2 aliphatic rings. The summed E-state index contributed by atoms with van der Waals surface area (Å²) in [7, 11) is 2.24. The molecular formula is C19H21F3N2O6. The van der Waals surface area contributed by atoms with E-state index in [1.807, 2.05) is 0 Å². The molecule has 1 aromatic carbocycles. The van der Waals surface area contributed by atoms with Gasteiger partial charge in [-0.15, -0.1) is 0 Å². The molecule has 11 heteroatoms. The Labute approximate surface area is 170 Å². The van der Waals surface area contributed by atoms with Gasteiger partial charge in [-0.3, -0.25) is 0 Å². The number of carbonyl (C=O) groups excluding carboxylic acids is 2. The van der Waals surface area contributed by atoms with Gasteiger partial charge >= 0.3 is 18.1 Å². The van der Waals surface area contributed by atoms with Crippen molar-refractivity contribution < 1.29 is 41.7 Å². The maximum atomic E-state index is 13.6. The van der Waals surface area contributed by atoms with E-state index in [1.54, 1.807) is 4.90 Å². The lowest BCUT2D eigenvalue weighted by Gasteiger charge is -2.34. The minimum Gasteiger partial charge on any atom is -0.466 e. The summed E-state index contributed by atoms with van der Waals surface area (Å²) in [5.41, 5.74) is -0.898. The quantitative estimate of drug-likeness (QED) is 0.671. The van der Waals surface area contributed by atoms with Gasteiger partial charge in [0.15, 0.2) is 0 Å². The van der Waals surface area contributed by atoms with Gasteiger partial charge in [0.25, 0.3) is 0 Å². The summed E-state index contributed by atoms with van der Waals surface area (Å²) in [6, 6.07) is 3.45. The largest absolute Gasteiger partial charge is 0.466 e. The zero-order valence-electron chi connectivity index (χ0n) is 16.5. The van der Waals surface area contributed by atoms with Gasteiger partial charge < -0.3 is 28.7 Å². The molecule has 0 amide bonds. The van der Waals surface area contributed by atoms with Crippen molar-refractivity contribution in [2.24, 2.45) is 0 Å². The molecule has 0 spiro atoms. The minimum atomic E-state index is -4.62. The molecule has 0 bridgehead atoms. The molecule has 0 aromatic heterocycles. The van der Waals surface area contributed by atoms with Gasteiger partial charge in [0, 0.05) is 24.5 Å². The standard InChI is InChI=1S/C19H21F3N2O6/c1-27-17(25)15-10-30-11-24(16(15)18(26)28-2)14-8-12(19(20,21)22)7-13(9-14)23-3-5-29-6-4-23/h7-9H,3-6,10-11H2,1-2H3. The van der Waals surface area contributed by atoms with Crippen molar-refractivity contribution in [2.75, 3.05) is 63.7 Å². The van der Waals surface area contributed by atoms with Crippen molar-refractivity contribution in [2.45, 2.75) is 6.18 Å². The number of methoxy groups -OCH3 is 2. The lowest BCUT2D eigenvalue weighted by Crippen LogP contribution is -2.39. The topological polar surface area (TPSA) is 77.5 Å². The SMILES string of the molecule is COC(=O)C1=C(C(=O)OC)N(c2cc(N3CCOCC3)cc(C(F)(F)F)c2)COC1. The normalized spacial score (nSPS) is 17.8. The molecule has 1 aromatic rings. The molecule has 2 aliphatic heterocycles. The van der Waals surface area contributed by atoms with Crippen LogP contribution in [0.2, 0.25) is 0 Å². The summed E-state index contributed by atoms with van der Waals surface area (Å²) in [4.78, 5) is 27.5. The number of alkyl halides is 3. The molecule has 0 unspecified atom stereocenters. The highest BCUT2D eigenvalue weighted by molar-refractivity contribution is 6.03. The molecule has 30 heavy (non-hydrogen) atoms. The van der Waals surface area contributed by atoms with Crippen molar-refractivity contribution in [3.8, 4) is 0 Å². The molecule has 0 saturated carbocycles. The third-order valence-corrected chi connectivity index (χ3v) is 4.75. The first-order chi connectivity index (χ1) is 14.3. The molecule has 0 radical (unpaired) electrons. The van der Waals surface area contributed by atoms with E-state index in [9.17, 15) is 22.8 Å². The maximum absolute atomic E-state index is 13.6. The predicted molar refractivity (Wildman–Crippen MR) is 98.8 cm³/mol. The van der Waals surface area contributed by atoms with E-state index >= 15 is 0 Å². The minimum absolute atomic E-state index is 0.0350. The number of rotatable bonds is 4. The van der Waals surface area contributed by atoms with Crippen LogP contribution in [-0.4, -0.2) is 65.8 Å². The van der Waals surface area contributed by atoms with Gasteiger partial charge in [-0.05, 0) is 18.2 Å². The molecule has 1 saturated heterocycles. The average molecular weight is 430 g/mol. The van der Waals surface area contributed by atoms with Crippen molar-refractivity contribution in [1.29, 1.82) is 0 Å². The van der Waals surface area contributed by atoms with Crippen LogP contribution in [0.4, 0.5) is 24.5 Å². The van der Waals surface area contributed by atoms with Crippen molar-refractivity contribution in [3.63, 3.8) is 0 Å². The smallest absolute Gasteiger partial charge is 0.416 e. The second-order valence-electron chi connectivity index (χ2n) is 6.55. The first-order valence-corrected chi connectivity index (χ1v) is 9.06. The summed E-state index contributed by atoms with van der Waals surface area (Å²) in [5.74, 6) is -1.72. The second kappa shape index (κ2) is 8.92. The summed E-state index contributed by atoms with van der Waals surface area (Å²) in [5, 5.41) is 0. The first-order valence-electron chi connectivity index (χ1n) is 9.06. The Kier molecular flexibility index (Phi) is 6.52. The number of esters is 2. The number of anilines is 2. The highest BCUT2D eigenvalue weighted by Crippen LogP contribution is 2.37. The Morgan fingerprint density at radius 1 is 0.967 bits per heavy atom. The van der Waals surface area contributed by atoms with E-state index in [4.69, 9.17) is 14.2 Å². The van der Waals surface area contributed by atoms with Gasteiger partial charge in [0.1, 0.15) is 12.4 Å². The Bertz CT molecular complexity index is 849. The molecule has 0 aliphatic carbocycles. The Morgan fingerprint density at radius 3 is 2.20 bits per heavy atom. The number of halogens is 3. The monoisotopic (exact) mass is 430 g/mol. The summed E-state index contributed by atoms with van der Waals surface area (Å²) >= 11 is 0. The van der Waals surface area contributed by atoms with Crippen LogP contribution in [-0.2, 0) is 34.7 Å². The van der Waals surface area contributed by atoms with Crippen molar-refractivity contribution in [3.05, 3.63) is 35.0 Å². The number of ether oxygens (including phenoxy) is 4. The first kappa shape index (κ1) is 21.9. The average Bonchev–Trinajstić information content (AvgIpc) is 2.77. The van der Waals surface area contributed by atoms with Crippen LogP contribution in [0.15, 0.2) is 29.5 Å². The van der Waals surface area contributed by atoms with E-state index in [0.29, 0.717) is 32.0 Å². The summed E-state index contributed by atoms with van der Waals surface area (Å²) in [6.45, 7) is 1.14. The van der Waals surface area contributed by atoms with Crippen LogP contribution in [0.5, 0.6) is 0 Å². The van der Waals surface area contributed by atoms with Crippen LogP contribution in [0, 0.1) is 0 Å². The fraction of sp³-hybridized carbons (Fsp3) is 0.474. The van der Waals surface area contributed by atoms with Crippen LogP contribution in [0.3, 0.4) is 0 Å². The number of morpholine rings is 1. The van der Waals surface area contributed by atoms with Gasteiger partial charge in [-0.1, -0.05) is 0 Å². The molecule has 3 rings (SSSR count). The highest BCUT2D eigenvalue weighted by Gasteiger charge is 2.36. The van der Waals surface area contributed by atoms with Crippen LogP contribution < -0.4 is 9.80 Å². The molecule has 1 fully saturated rings. The van der Waals surface area contributed by atoms with E-state index in [0.717, 1.165) is 26.4 Å². The number of hydrogen-bond donors (Lipinski definition) is 0. The zero-order chi connectivity index (χ0) is 21.9. The van der Waals surface area contributed by atoms with Crippen LogP contribution >= 0.6 is 0 Å². The number of carbonyl (C=O) groups is 2. The Hall–Kier alpha value is -2.79. The van der Waals surface area contributed by atoms with Gasteiger partial charge in [0.05, 0.1) is 45.2 Å². The van der Waals surface area contributed by atoms with E-state index in [-0.39, 0.29) is 30.3 Å². The maximum Gasteiger partial charge on any atom is 0.416 e. The predicted octanol–water partition coefficient (Wildman–Crippen LogP) is 1.94. The Balaban J connectivity index is 2.13. The molecular weight excluding hydrogens is 409 g/mol. The van der Waals surface area contributed by atoms with Gasteiger partial charge in [-0.25, -0.2) is 9.59 Å². The van der Waals surface area contributed by atoms with Gasteiger partial charge in [0.2, 0.25) is 0 Å². The van der Waals surface area contributed by atoms with Gasteiger partial charge in [-0.2, -0.15) is 13.2 Å². The molecule has 8 nitrogen and oxygen atoms in total. The third-order valence-electron chi connectivity index (χ3n) is 4.75. The van der Waals surface area contributed by atoms with E-state index in [1.165, 1.54) is 11.0 Å². The van der Waals surface area contributed by atoms with Crippen molar-refractivity contribution >= 4 is 23.3 Å². The molecule has 2 heterocycles. The summed E-state index contributed by atoms with van der Waals surface area (Å²) in [6.07, 6.45) is -4.62.